The molecule has 120 valence electrons. The normalized spacial score (nSPS) is 22.2. The third-order valence-electron chi connectivity index (χ3n) is 4.27. The Bertz CT molecular complexity index is 815. The van der Waals surface area contributed by atoms with Gasteiger partial charge >= 0.3 is 0 Å². The summed E-state index contributed by atoms with van der Waals surface area (Å²) in [5.74, 6) is 1.34. The van der Waals surface area contributed by atoms with Gasteiger partial charge in [-0.25, -0.2) is 0 Å². The summed E-state index contributed by atoms with van der Waals surface area (Å²) in [6.45, 7) is 3.49. The molecule has 0 unspecified atom stereocenters. The number of thiophene rings is 1. The maximum Gasteiger partial charge on any atom is 0.244 e. The van der Waals surface area contributed by atoms with Crippen molar-refractivity contribution in [3.63, 3.8) is 0 Å². The predicted molar refractivity (Wildman–Crippen MR) is 87.2 cm³/mol. The standard InChI is InChI=1S/C16H18N4O2S/c1-10-18-16(22-19-10)14-6-12(21-2)9-20(14)8-11-5-15-13(17-7-11)3-4-23-15/h3-5,7,12,14H,6,8-9H2,1-2H3/t12-,14+/m0/s1. The second-order valence-corrected chi connectivity index (χ2v) is 6.81. The van der Waals surface area contributed by atoms with E-state index in [1.54, 1.807) is 18.4 Å². The van der Waals surface area contributed by atoms with Gasteiger partial charge in [-0.2, -0.15) is 4.98 Å². The third kappa shape index (κ3) is 2.87. The summed E-state index contributed by atoms with van der Waals surface area (Å²) in [5.41, 5.74) is 2.25. The van der Waals surface area contributed by atoms with Crippen LogP contribution in [0.15, 0.2) is 28.2 Å². The smallest absolute Gasteiger partial charge is 0.244 e. The molecule has 3 aromatic rings. The minimum atomic E-state index is 0.0974. The van der Waals surface area contributed by atoms with E-state index < -0.39 is 0 Å². The molecule has 1 aliphatic rings. The molecule has 6 nitrogen and oxygen atoms in total. The quantitative estimate of drug-likeness (QED) is 0.733. The van der Waals surface area contributed by atoms with Crippen LogP contribution in [-0.4, -0.2) is 39.8 Å². The van der Waals surface area contributed by atoms with Crippen LogP contribution in [0.3, 0.4) is 0 Å². The van der Waals surface area contributed by atoms with Crippen molar-refractivity contribution in [3.05, 3.63) is 41.0 Å². The van der Waals surface area contributed by atoms with Crippen molar-refractivity contribution in [1.29, 1.82) is 0 Å². The number of likely N-dealkylation sites (tertiary alicyclic amines) is 1. The first-order valence-electron chi connectivity index (χ1n) is 7.62. The topological polar surface area (TPSA) is 64.3 Å². The van der Waals surface area contributed by atoms with Gasteiger partial charge in [0.1, 0.15) is 0 Å². The fraction of sp³-hybridized carbons (Fsp3) is 0.438. The molecule has 0 aliphatic carbocycles. The highest BCUT2D eigenvalue weighted by Crippen LogP contribution is 2.34. The number of rotatable bonds is 4. The van der Waals surface area contributed by atoms with Crippen LogP contribution in [0.5, 0.6) is 0 Å². The highest BCUT2D eigenvalue weighted by atomic mass is 32.1. The Morgan fingerprint density at radius 2 is 2.39 bits per heavy atom. The number of methoxy groups -OCH3 is 1. The molecular formula is C16H18N4O2S. The van der Waals surface area contributed by atoms with E-state index in [9.17, 15) is 0 Å². The molecule has 1 aliphatic heterocycles. The van der Waals surface area contributed by atoms with E-state index >= 15 is 0 Å². The second-order valence-electron chi connectivity index (χ2n) is 5.87. The third-order valence-corrected chi connectivity index (χ3v) is 5.12. The van der Waals surface area contributed by atoms with Crippen LogP contribution >= 0.6 is 11.3 Å². The van der Waals surface area contributed by atoms with Crippen LogP contribution in [0.2, 0.25) is 0 Å². The number of fused-ring (bicyclic) bond motifs is 1. The molecule has 0 N–H and O–H groups in total. The Labute approximate surface area is 138 Å². The Balaban J connectivity index is 1.59. The highest BCUT2D eigenvalue weighted by Gasteiger charge is 2.36. The Kier molecular flexibility index (Phi) is 3.84. The predicted octanol–water partition coefficient (Wildman–Crippen LogP) is 2.95. The van der Waals surface area contributed by atoms with Crippen LogP contribution in [0.25, 0.3) is 10.2 Å². The molecule has 0 saturated carbocycles. The first-order valence-corrected chi connectivity index (χ1v) is 8.50. The molecule has 0 spiro atoms. The van der Waals surface area contributed by atoms with E-state index in [0.717, 1.165) is 25.0 Å². The number of nitrogens with zero attached hydrogens (tertiary/aromatic N) is 4. The van der Waals surface area contributed by atoms with Crippen LogP contribution in [0, 0.1) is 6.92 Å². The number of pyridine rings is 1. The van der Waals surface area contributed by atoms with E-state index in [4.69, 9.17) is 9.26 Å². The number of aromatic nitrogens is 3. The zero-order valence-corrected chi connectivity index (χ0v) is 13.9. The molecule has 7 heteroatoms. The number of ether oxygens (including phenoxy) is 1. The minimum Gasteiger partial charge on any atom is -0.380 e. The minimum absolute atomic E-state index is 0.0974. The van der Waals surface area contributed by atoms with Crippen molar-refractivity contribution >= 4 is 21.6 Å². The zero-order valence-electron chi connectivity index (χ0n) is 13.1. The molecule has 0 radical (unpaired) electrons. The largest absolute Gasteiger partial charge is 0.380 e. The van der Waals surface area contributed by atoms with E-state index in [1.807, 2.05) is 19.2 Å². The molecule has 4 heterocycles. The number of aryl methyl sites for hydroxylation is 1. The number of hydrogen-bond acceptors (Lipinski definition) is 7. The number of hydrogen-bond donors (Lipinski definition) is 0. The fourth-order valence-electron chi connectivity index (χ4n) is 3.12. The van der Waals surface area contributed by atoms with E-state index in [1.165, 1.54) is 10.3 Å². The van der Waals surface area contributed by atoms with Gasteiger partial charge in [-0.1, -0.05) is 5.16 Å². The summed E-state index contributed by atoms with van der Waals surface area (Å²) in [6, 6.07) is 4.36. The van der Waals surface area contributed by atoms with Crippen molar-refractivity contribution in [2.45, 2.75) is 32.0 Å². The maximum absolute atomic E-state index is 5.55. The van der Waals surface area contributed by atoms with Crippen LogP contribution < -0.4 is 0 Å². The summed E-state index contributed by atoms with van der Waals surface area (Å²) in [7, 11) is 1.75. The van der Waals surface area contributed by atoms with E-state index in [-0.39, 0.29) is 12.1 Å². The summed E-state index contributed by atoms with van der Waals surface area (Å²) >= 11 is 1.72. The summed E-state index contributed by atoms with van der Waals surface area (Å²) in [5, 5.41) is 5.99. The Hall–Kier alpha value is -1.83. The molecule has 4 rings (SSSR count). The van der Waals surface area contributed by atoms with Crippen molar-refractivity contribution < 1.29 is 9.26 Å². The Morgan fingerprint density at radius 1 is 1.48 bits per heavy atom. The molecule has 0 bridgehead atoms. The first kappa shape index (κ1) is 14.7. The summed E-state index contributed by atoms with van der Waals surface area (Å²) in [4.78, 5) is 11.3. The molecule has 2 atom stereocenters. The van der Waals surface area contributed by atoms with Gasteiger partial charge in [0.25, 0.3) is 0 Å². The lowest BCUT2D eigenvalue weighted by molar-refractivity contribution is 0.107. The molecule has 0 aromatic carbocycles. The highest BCUT2D eigenvalue weighted by molar-refractivity contribution is 7.17. The van der Waals surface area contributed by atoms with Crippen LogP contribution in [0.4, 0.5) is 0 Å². The van der Waals surface area contributed by atoms with Crippen molar-refractivity contribution in [1.82, 2.24) is 20.0 Å². The van der Waals surface area contributed by atoms with Gasteiger partial charge in [0, 0.05) is 26.4 Å². The lowest BCUT2D eigenvalue weighted by atomic mass is 10.2. The SMILES string of the molecule is CO[C@H]1C[C@H](c2nc(C)no2)N(Cc2cnc3ccsc3c2)C1. The second kappa shape index (κ2) is 5.99. The molecule has 23 heavy (non-hydrogen) atoms. The van der Waals surface area contributed by atoms with Crippen LogP contribution in [-0.2, 0) is 11.3 Å². The van der Waals surface area contributed by atoms with E-state index in [0.29, 0.717) is 11.7 Å². The monoisotopic (exact) mass is 330 g/mol. The van der Waals surface area contributed by atoms with Gasteiger partial charge in [-0.15, -0.1) is 11.3 Å². The molecule has 0 amide bonds. The van der Waals surface area contributed by atoms with Crippen molar-refractivity contribution in [2.75, 3.05) is 13.7 Å². The lowest BCUT2D eigenvalue weighted by Gasteiger charge is -2.21. The van der Waals surface area contributed by atoms with Gasteiger partial charge in [-0.05, 0) is 36.4 Å². The van der Waals surface area contributed by atoms with E-state index in [2.05, 4.69) is 31.5 Å². The summed E-state index contributed by atoms with van der Waals surface area (Å²) in [6.07, 6.45) is 3.00. The van der Waals surface area contributed by atoms with Gasteiger partial charge in [-0.3, -0.25) is 9.88 Å². The first-order chi connectivity index (χ1) is 11.2. The summed E-state index contributed by atoms with van der Waals surface area (Å²) < 4.78 is 12.2. The van der Waals surface area contributed by atoms with Gasteiger partial charge in [0.05, 0.1) is 22.4 Å². The Morgan fingerprint density at radius 3 is 3.17 bits per heavy atom. The van der Waals surface area contributed by atoms with Crippen LogP contribution in [0.1, 0.15) is 29.7 Å². The van der Waals surface area contributed by atoms with Gasteiger partial charge in [0.2, 0.25) is 5.89 Å². The van der Waals surface area contributed by atoms with Gasteiger partial charge < -0.3 is 9.26 Å². The molecule has 1 saturated heterocycles. The average molecular weight is 330 g/mol. The zero-order chi connectivity index (χ0) is 15.8. The lowest BCUT2D eigenvalue weighted by Crippen LogP contribution is -2.25. The van der Waals surface area contributed by atoms with Gasteiger partial charge in [0.15, 0.2) is 5.82 Å². The fourth-order valence-corrected chi connectivity index (χ4v) is 3.92. The molecule has 3 aromatic heterocycles. The van der Waals surface area contributed by atoms with Crippen molar-refractivity contribution in [3.8, 4) is 0 Å². The molecular weight excluding hydrogens is 312 g/mol. The maximum atomic E-state index is 5.55. The average Bonchev–Trinajstić information content (AvgIpc) is 3.26. The van der Waals surface area contributed by atoms with Crippen molar-refractivity contribution in [2.24, 2.45) is 0 Å². The molecule has 1 fully saturated rings.